The second-order valence-corrected chi connectivity index (χ2v) is 9.14. The van der Waals surface area contributed by atoms with Gasteiger partial charge in [0, 0.05) is 37.1 Å². The van der Waals surface area contributed by atoms with Crippen molar-refractivity contribution >= 4 is 11.5 Å². The molecule has 4 nitrogen and oxygen atoms in total. The Balaban J connectivity index is 1.82. The number of aromatic nitrogens is 1. The van der Waals surface area contributed by atoms with E-state index in [1.165, 1.54) is 17.7 Å². The number of likely N-dealkylation sites (tertiary alicyclic amines) is 1. The molecule has 0 spiro atoms. The molecule has 1 aliphatic heterocycles. The first-order chi connectivity index (χ1) is 16.8. The zero-order valence-corrected chi connectivity index (χ0v) is 20.5. The van der Waals surface area contributed by atoms with Gasteiger partial charge in [0.1, 0.15) is 11.6 Å². The highest BCUT2D eigenvalue weighted by molar-refractivity contribution is 6.03. The summed E-state index contributed by atoms with van der Waals surface area (Å²) in [4.78, 5) is 19.4. The van der Waals surface area contributed by atoms with E-state index in [0.29, 0.717) is 37.1 Å². The fourth-order valence-electron chi connectivity index (χ4n) is 4.28. The molecule has 35 heavy (non-hydrogen) atoms. The lowest BCUT2D eigenvalue weighted by Crippen LogP contribution is -2.44. The van der Waals surface area contributed by atoms with E-state index in [1.807, 2.05) is 44.2 Å². The van der Waals surface area contributed by atoms with E-state index in [1.54, 1.807) is 17.3 Å². The van der Waals surface area contributed by atoms with Crippen molar-refractivity contribution in [2.75, 3.05) is 13.1 Å². The largest absolute Gasteiger partial charge is 0.339 e. The highest BCUT2D eigenvalue weighted by atomic mass is 19.1. The Bertz CT molecular complexity index is 1160. The summed E-state index contributed by atoms with van der Waals surface area (Å²) in [5.74, 6) is -1.40. The van der Waals surface area contributed by atoms with Gasteiger partial charge in [-0.25, -0.2) is 8.78 Å². The van der Waals surface area contributed by atoms with Crippen LogP contribution in [0, 0.1) is 28.4 Å². The lowest BCUT2D eigenvalue weighted by molar-refractivity contribution is -0.128. The van der Waals surface area contributed by atoms with Crippen LogP contribution >= 0.6 is 0 Å². The van der Waals surface area contributed by atoms with E-state index in [9.17, 15) is 18.8 Å². The van der Waals surface area contributed by atoms with Gasteiger partial charge in [-0.1, -0.05) is 24.6 Å². The van der Waals surface area contributed by atoms with E-state index in [0.717, 1.165) is 23.6 Å². The van der Waals surface area contributed by atoms with Crippen LogP contribution in [-0.4, -0.2) is 28.9 Å². The highest BCUT2D eigenvalue weighted by Crippen LogP contribution is 2.36. The van der Waals surface area contributed by atoms with E-state index < -0.39 is 17.0 Å². The van der Waals surface area contributed by atoms with Crippen LogP contribution in [0.15, 0.2) is 72.1 Å². The van der Waals surface area contributed by atoms with Crippen LogP contribution in [0.2, 0.25) is 0 Å². The smallest absolute Gasteiger partial charge is 0.254 e. The molecular formula is C29H31F2N3O. The highest BCUT2D eigenvalue weighted by Gasteiger charge is 2.37. The molecule has 2 aromatic rings. The Hall–Kier alpha value is -3.59. The standard InChI is InChI=1S/C29H31F2N3O/c1-4-21(2)6-5-7-27(22(3)24-8-12-33-13-9-24)28(35)34-14-10-29(20-32,11-15-34)19-23-16-25(30)18-26(31)17-23/h5-9,12-13,16-18H,4,10-11,14-15,19H2,1-3H3/b7-5-,21-6+,27-22-. The summed E-state index contributed by atoms with van der Waals surface area (Å²) in [6, 6.07) is 9.49. The summed E-state index contributed by atoms with van der Waals surface area (Å²) in [5.41, 5.74) is 3.26. The summed E-state index contributed by atoms with van der Waals surface area (Å²) in [7, 11) is 0. The van der Waals surface area contributed by atoms with Crippen LogP contribution in [-0.2, 0) is 11.2 Å². The molecule has 6 heteroatoms. The molecule has 0 N–H and O–H groups in total. The number of nitrogens with zero attached hydrogens (tertiary/aromatic N) is 3. The predicted octanol–water partition coefficient (Wildman–Crippen LogP) is 6.42. The molecule has 1 fully saturated rings. The van der Waals surface area contributed by atoms with Crippen molar-refractivity contribution in [3.05, 3.63) is 94.9 Å². The minimum atomic E-state index is -0.766. The Morgan fingerprint density at radius 2 is 1.77 bits per heavy atom. The average molecular weight is 476 g/mol. The van der Waals surface area contributed by atoms with Gasteiger partial charge in [0.25, 0.3) is 5.91 Å². The molecule has 1 aromatic heterocycles. The van der Waals surface area contributed by atoms with E-state index >= 15 is 0 Å². The van der Waals surface area contributed by atoms with E-state index in [4.69, 9.17) is 0 Å². The molecule has 2 heterocycles. The predicted molar refractivity (Wildman–Crippen MR) is 134 cm³/mol. The Kier molecular flexibility index (Phi) is 8.70. The third-order valence-corrected chi connectivity index (χ3v) is 6.66. The van der Waals surface area contributed by atoms with Crippen molar-refractivity contribution in [2.45, 2.75) is 46.5 Å². The van der Waals surface area contributed by atoms with Crippen LogP contribution in [0.25, 0.3) is 5.57 Å². The van der Waals surface area contributed by atoms with Crippen LogP contribution in [0.4, 0.5) is 8.78 Å². The van der Waals surface area contributed by atoms with Gasteiger partial charge in [-0.2, -0.15) is 5.26 Å². The van der Waals surface area contributed by atoms with Crippen molar-refractivity contribution in [2.24, 2.45) is 5.41 Å². The topological polar surface area (TPSA) is 57.0 Å². The van der Waals surface area contributed by atoms with Gasteiger partial charge >= 0.3 is 0 Å². The number of amides is 1. The van der Waals surface area contributed by atoms with Crippen molar-refractivity contribution in [3.63, 3.8) is 0 Å². The van der Waals surface area contributed by atoms with Gasteiger partial charge in [0.05, 0.1) is 11.5 Å². The van der Waals surface area contributed by atoms with Gasteiger partial charge in [0.15, 0.2) is 0 Å². The molecule has 1 aromatic carbocycles. The first-order valence-electron chi connectivity index (χ1n) is 11.9. The van der Waals surface area contributed by atoms with Crippen LogP contribution < -0.4 is 0 Å². The Morgan fingerprint density at radius 3 is 2.34 bits per heavy atom. The molecular weight excluding hydrogens is 444 g/mol. The summed E-state index contributed by atoms with van der Waals surface area (Å²) in [6.45, 7) is 6.84. The third kappa shape index (κ3) is 6.73. The van der Waals surface area contributed by atoms with Crippen LogP contribution in [0.5, 0.6) is 0 Å². The van der Waals surface area contributed by atoms with Crippen molar-refractivity contribution < 1.29 is 13.6 Å². The molecule has 0 radical (unpaired) electrons. The van der Waals surface area contributed by atoms with Gasteiger partial charge in [-0.15, -0.1) is 0 Å². The molecule has 1 amide bonds. The van der Waals surface area contributed by atoms with Crippen molar-refractivity contribution in [1.29, 1.82) is 5.26 Å². The van der Waals surface area contributed by atoms with Crippen LogP contribution in [0.1, 0.15) is 51.2 Å². The number of pyridine rings is 1. The van der Waals surface area contributed by atoms with E-state index in [-0.39, 0.29) is 12.3 Å². The Morgan fingerprint density at radius 1 is 1.14 bits per heavy atom. The molecule has 0 bridgehead atoms. The van der Waals surface area contributed by atoms with Crippen LogP contribution in [0.3, 0.4) is 0 Å². The first kappa shape index (κ1) is 26.0. The third-order valence-electron chi connectivity index (χ3n) is 6.66. The number of hydrogen-bond acceptors (Lipinski definition) is 3. The lowest BCUT2D eigenvalue weighted by Gasteiger charge is -2.37. The molecule has 1 aliphatic rings. The monoisotopic (exact) mass is 475 g/mol. The maximum atomic E-state index is 13.7. The maximum absolute atomic E-state index is 13.7. The average Bonchev–Trinajstić information content (AvgIpc) is 2.86. The number of rotatable bonds is 7. The molecule has 1 saturated heterocycles. The number of carbonyl (C=O) groups excluding carboxylic acids is 1. The zero-order valence-electron chi connectivity index (χ0n) is 20.5. The number of hydrogen-bond donors (Lipinski definition) is 0. The summed E-state index contributed by atoms with van der Waals surface area (Å²) >= 11 is 0. The molecule has 3 rings (SSSR count). The fourth-order valence-corrected chi connectivity index (χ4v) is 4.28. The Labute approximate surface area is 206 Å². The minimum Gasteiger partial charge on any atom is -0.339 e. The summed E-state index contributed by atoms with van der Waals surface area (Å²) < 4.78 is 27.3. The number of nitriles is 1. The molecule has 0 atom stereocenters. The number of allylic oxidation sites excluding steroid dienone is 4. The molecule has 0 saturated carbocycles. The number of halogens is 2. The second kappa shape index (κ2) is 11.7. The number of benzene rings is 1. The minimum absolute atomic E-state index is 0.0959. The van der Waals surface area contributed by atoms with Gasteiger partial charge in [-0.3, -0.25) is 9.78 Å². The van der Waals surface area contributed by atoms with E-state index in [2.05, 4.69) is 18.0 Å². The molecule has 0 unspecified atom stereocenters. The second-order valence-electron chi connectivity index (χ2n) is 9.14. The maximum Gasteiger partial charge on any atom is 0.254 e. The zero-order chi connectivity index (χ0) is 25.4. The molecule has 182 valence electrons. The van der Waals surface area contributed by atoms with Crippen molar-refractivity contribution in [1.82, 2.24) is 9.88 Å². The fraction of sp³-hybridized carbons (Fsp3) is 0.345. The van der Waals surface area contributed by atoms with Gasteiger partial charge in [-0.05, 0) is 86.6 Å². The van der Waals surface area contributed by atoms with Crippen molar-refractivity contribution in [3.8, 4) is 6.07 Å². The quantitative estimate of drug-likeness (QED) is 0.343. The molecule has 0 aliphatic carbocycles. The number of piperidine rings is 1. The lowest BCUT2D eigenvalue weighted by atomic mass is 9.75. The SMILES string of the molecule is CC/C(C)=C/C=C\C(C(=O)N1CCC(C#N)(Cc2cc(F)cc(F)c2)CC1)=C(/C)c1ccncc1. The van der Waals surface area contributed by atoms with Gasteiger partial charge in [0.2, 0.25) is 0 Å². The normalized spacial score (nSPS) is 16.7. The summed E-state index contributed by atoms with van der Waals surface area (Å²) in [6.07, 6.45) is 11.2. The number of carbonyl (C=O) groups is 1. The first-order valence-corrected chi connectivity index (χ1v) is 11.9. The summed E-state index contributed by atoms with van der Waals surface area (Å²) in [5, 5.41) is 9.93. The van der Waals surface area contributed by atoms with Gasteiger partial charge < -0.3 is 4.90 Å².